The minimum atomic E-state index is -0.238. The molecule has 2 aliphatic heterocycles. The maximum atomic E-state index is 14.0. The Morgan fingerprint density at radius 1 is 1.11 bits per heavy atom. The predicted octanol–water partition coefficient (Wildman–Crippen LogP) is 4.33. The van der Waals surface area contributed by atoms with E-state index in [2.05, 4.69) is 45.3 Å². The van der Waals surface area contributed by atoms with Gasteiger partial charge in [-0.15, -0.1) is 23.3 Å². The van der Waals surface area contributed by atoms with Crippen molar-refractivity contribution >= 4 is 47.2 Å². The third-order valence-corrected chi connectivity index (χ3v) is 5.88. The predicted molar refractivity (Wildman–Crippen MR) is 121 cm³/mol. The lowest BCUT2D eigenvalue weighted by Gasteiger charge is -2.36. The summed E-state index contributed by atoms with van der Waals surface area (Å²) in [6.07, 6.45) is 10.5. The van der Waals surface area contributed by atoms with Gasteiger partial charge in [-0.3, -0.25) is 4.79 Å². The number of thioether (sulfide) groups is 1. The van der Waals surface area contributed by atoms with Crippen molar-refractivity contribution in [1.82, 2.24) is 9.80 Å². The first-order valence-corrected chi connectivity index (χ1v) is 11.4. The van der Waals surface area contributed by atoms with Crippen LogP contribution in [0.25, 0.3) is 0 Å². The van der Waals surface area contributed by atoms with Gasteiger partial charge in [0.2, 0.25) is 0 Å². The third-order valence-electron chi connectivity index (χ3n) is 4.70. The van der Waals surface area contributed by atoms with Crippen LogP contribution in [0.3, 0.4) is 0 Å². The Morgan fingerprint density at radius 3 is 2.61 bits per heavy atom. The van der Waals surface area contributed by atoms with Gasteiger partial charge in [-0.25, -0.2) is 9.38 Å². The number of benzene rings is 1. The fourth-order valence-electron chi connectivity index (χ4n) is 3.37. The van der Waals surface area contributed by atoms with E-state index in [0.717, 1.165) is 72.2 Å². The molecule has 0 atom stereocenters. The summed E-state index contributed by atoms with van der Waals surface area (Å²) in [7, 11) is 0. The number of thiol groups is 2. The van der Waals surface area contributed by atoms with E-state index < -0.39 is 0 Å². The summed E-state index contributed by atoms with van der Waals surface area (Å²) in [6.45, 7) is 3.19. The van der Waals surface area contributed by atoms with Crippen molar-refractivity contribution in [3.63, 3.8) is 0 Å². The Morgan fingerprint density at radius 2 is 1.86 bits per heavy atom. The number of carbonyl (C=O) groups excluding carboxylic acids is 1. The van der Waals surface area contributed by atoms with Crippen LogP contribution >= 0.6 is 35.1 Å². The van der Waals surface area contributed by atoms with Gasteiger partial charge in [0, 0.05) is 47.7 Å². The summed E-state index contributed by atoms with van der Waals surface area (Å²) in [5, 5.41) is 0. The Balaban J connectivity index is 0.00000109. The molecule has 4 rings (SSSR count). The van der Waals surface area contributed by atoms with Gasteiger partial charge < -0.3 is 9.80 Å². The smallest absolute Gasteiger partial charge is 0.144 e. The monoisotopic (exact) mass is 435 g/mol. The highest BCUT2D eigenvalue weighted by Crippen LogP contribution is 2.40. The SMILES string of the molecule is O=C/C=C/N1CCN(C2=NC3=CCCC=C3Sc3ccc(F)cc32)CC1.SS. The van der Waals surface area contributed by atoms with Crippen molar-refractivity contribution in [2.75, 3.05) is 26.2 Å². The number of hydrogen-bond donors (Lipinski definition) is 2. The minimum Gasteiger partial charge on any atom is -0.374 e. The number of carbonyl (C=O) groups is 1. The van der Waals surface area contributed by atoms with Crippen LogP contribution in [0, 0.1) is 5.82 Å². The lowest BCUT2D eigenvalue weighted by atomic mass is 10.1. The Hall–Kier alpha value is -1.64. The molecule has 0 aromatic heterocycles. The standard InChI is InChI=1S/C20H20FN3OS.H2S2/c21-15-6-7-18-16(14-15)20(22-17-4-1-2-5-19(17)26-18)24-11-9-23(10-12-24)8-3-13-25;1-2/h3-8,13-14H,1-2,9-12H2;1-2H/b8-3+;. The number of fused-ring (bicyclic) bond motifs is 2. The number of rotatable bonds is 2. The van der Waals surface area contributed by atoms with E-state index in [1.807, 2.05) is 12.3 Å². The molecule has 1 aromatic rings. The van der Waals surface area contributed by atoms with Crippen molar-refractivity contribution in [1.29, 1.82) is 0 Å². The lowest BCUT2D eigenvalue weighted by Crippen LogP contribution is -2.47. The topological polar surface area (TPSA) is 35.9 Å². The van der Waals surface area contributed by atoms with Gasteiger partial charge in [0.25, 0.3) is 0 Å². The maximum Gasteiger partial charge on any atom is 0.144 e. The van der Waals surface area contributed by atoms with E-state index in [1.165, 1.54) is 12.1 Å². The highest BCUT2D eigenvalue weighted by Gasteiger charge is 2.26. The van der Waals surface area contributed by atoms with Gasteiger partial charge in [-0.05, 0) is 37.1 Å². The van der Waals surface area contributed by atoms with Crippen molar-refractivity contribution in [3.05, 3.63) is 64.6 Å². The molecule has 2 heterocycles. The number of allylic oxidation sites excluding steroid dienone is 3. The highest BCUT2D eigenvalue weighted by atomic mass is 33.1. The molecular formula is C20H22FN3OS3. The van der Waals surface area contributed by atoms with Crippen LogP contribution < -0.4 is 0 Å². The summed E-state index contributed by atoms with van der Waals surface area (Å²) in [4.78, 5) is 22.0. The average molecular weight is 436 g/mol. The van der Waals surface area contributed by atoms with E-state index in [0.29, 0.717) is 0 Å². The first-order valence-electron chi connectivity index (χ1n) is 9.03. The largest absolute Gasteiger partial charge is 0.374 e. The first-order chi connectivity index (χ1) is 13.7. The van der Waals surface area contributed by atoms with Crippen LogP contribution in [0.5, 0.6) is 0 Å². The molecule has 1 saturated heterocycles. The zero-order valence-corrected chi connectivity index (χ0v) is 17.9. The molecule has 0 amide bonds. The molecule has 148 valence electrons. The van der Waals surface area contributed by atoms with Gasteiger partial charge >= 0.3 is 0 Å². The van der Waals surface area contributed by atoms with E-state index in [4.69, 9.17) is 4.99 Å². The van der Waals surface area contributed by atoms with Crippen LogP contribution in [0.2, 0.25) is 0 Å². The number of aliphatic imine (C=N–C) groups is 1. The lowest BCUT2D eigenvalue weighted by molar-refractivity contribution is -0.104. The second-order valence-corrected chi connectivity index (χ2v) is 7.50. The number of hydrogen-bond acceptors (Lipinski definition) is 7. The third kappa shape index (κ3) is 4.85. The molecule has 0 N–H and O–H groups in total. The number of piperazine rings is 1. The maximum absolute atomic E-state index is 14.0. The van der Waals surface area contributed by atoms with Gasteiger partial charge in [0.05, 0.1) is 5.70 Å². The Labute approximate surface area is 179 Å². The summed E-state index contributed by atoms with van der Waals surface area (Å²) >= 11 is 8.12. The summed E-state index contributed by atoms with van der Waals surface area (Å²) < 4.78 is 14.0. The van der Waals surface area contributed by atoms with Crippen molar-refractivity contribution in [2.24, 2.45) is 4.99 Å². The quantitative estimate of drug-likeness (QED) is 0.314. The normalized spacial score (nSPS) is 18.8. The summed E-state index contributed by atoms with van der Waals surface area (Å²) in [5.74, 6) is 0.611. The van der Waals surface area contributed by atoms with Crippen LogP contribution in [0.15, 0.2) is 63.1 Å². The average Bonchev–Trinajstić information content (AvgIpc) is 2.90. The number of aldehydes is 1. The highest BCUT2D eigenvalue weighted by molar-refractivity contribution is 8.59. The molecule has 0 saturated carbocycles. The van der Waals surface area contributed by atoms with Crippen LogP contribution in [-0.4, -0.2) is 48.1 Å². The molecule has 3 aliphatic rings. The molecule has 1 fully saturated rings. The van der Waals surface area contributed by atoms with Gasteiger partial charge in [0.1, 0.15) is 17.9 Å². The van der Waals surface area contributed by atoms with Crippen molar-refractivity contribution < 1.29 is 9.18 Å². The Bertz CT molecular complexity index is 843. The fourth-order valence-corrected chi connectivity index (χ4v) is 4.44. The van der Waals surface area contributed by atoms with E-state index >= 15 is 0 Å². The van der Waals surface area contributed by atoms with Crippen molar-refractivity contribution in [3.8, 4) is 0 Å². The molecule has 4 nitrogen and oxygen atoms in total. The zero-order chi connectivity index (χ0) is 19.9. The molecule has 8 heteroatoms. The molecule has 0 unspecified atom stereocenters. The molecule has 28 heavy (non-hydrogen) atoms. The van der Waals surface area contributed by atoms with E-state index in [-0.39, 0.29) is 5.82 Å². The van der Waals surface area contributed by atoms with Gasteiger partial charge in [0.15, 0.2) is 0 Å². The van der Waals surface area contributed by atoms with Crippen LogP contribution in [0.1, 0.15) is 18.4 Å². The first kappa shape index (κ1) is 21.1. The second-order valence-electron chi connectivity index (χ2n) is 6.41. The molecular weight excluding hydrogens is 413 g/mol. The molecule has 1 aromatic carbocycles. The molecule has 1 aliphatic carbocycles. The summed E-state index contributed by atoms with van der Waals surface area (Å²) in [5.41, 5.74) is 1.86. The van der Waals surface area contributed by atoms with E-state index in [1.54, 1.807) is 17.8 Å². The van der Waals surface area contributed by atoms with Gasteiger partial charge in [-0.2, -0.15) is 0 Å². The Kier molecular flexibility index (Phi) is 7.70. The summed E-state index contributed by atoms with van der Waals surface area (Å²) in [6, 6.07) is 4.97. The zero-order valence-electron chi connectivity index (χ0n) is 15.3. The second kappa shape index (κ2) is 10.2. The number of nitrogens with zero attached hydrogens (tertiary/aromatic N) is 3. The molecule has 0 bridgehead atoms. The fraction of sp³-hybridized carbons (Fsp3) is 0.300. The molecule has 0 radical (unpaired) electrons. The van der Waals surface area contributed by atoms with Crippen LogP contribution in [-0.2, 0) is 4.79 Å². The van der Waals surface area contributed by atoms with E-state index in [9.17, 15) is 9.18 Å². The molecule has 0 spiro atoms. The van der Waals surface area contributed by atoms with Crippen molar-refractivity contribution in [2.45, 2.75) is 17.7 Å². The minimum absolute atomic E-state index is 0.238. The number of halogens is 1. The van der Waals surface area contributed by atoms with Crippen LogP contribution in [0.4, 0.5) is 4.39 Å². The number of amidine groups is 1. The van der Waals surface area contributed by atoms with Gasteiger partial charge in [-0.1, -0.05) is 23.9 Å².